The summed E-state index contributed by atoms with van der Waals surface area (Å²) in [5.74, 6) is 0.231. The van der Waals surface area contributed by atoms with Gasteiger partial charge in [0.2, 0.25) is 17.7 Å². The van der Waals surface area contributed by atoms with Crippen molar-refractivity contribution in [2.75, 3.05) is 38.6 Å². The minimum Gasteiger partial charge on any atom is -0.497 e. The number of fused-ring (bicyclic) bond motifs is 1. The summed E-state index contributed by atoms with van der Waals surface area (Å²) in [5, 5.41) is 6.34. The van der Waals surface area contributed by atoms with E-state index >= 15 is 0 Å². The molecule has 4 aliphatic heterocycles. The van der Waals surface area contributed by atoms with Crippen molar-refractivity contribution in [3.05, 3.63) is 36.4 Å². The van der Waals surface area contributed by atoms with Crippen LogP contribution in [0.1, 0.15) is 59.3 Å². The van der Waals surface area contributed by atoms with Crippen LogP contribution in [0.3, 0.4) is 0 Å². The summed E-state index contributed by atoms with van der Waals surface area (Å²) in [6.45, 7) is 10.3. The number of benzene rings is 1. The SMILES string of the molecule is COc1ccc(NC(=O)C2C3C=CC4(O3)C2C(=O)N(CCCN2CCCC(C)C2)C4C(=O)NC2CCCC(C)C2C)cc1. The van der Waals surface area contributed by atoms with Crippen molar-refractivity contribution >= 4 is 23.4 Å². The number of amides is 3. The van der Waals surface area contributed by atoms with Crippen LogP contribution < -0.4 is 15.4 Å². The number of nitrogens with zero attached hydrogens (tertiary/aromatic N) is 2. The molecule has 4 heterocycles. The van der Waals surface area contributed by atoms with E-state index in [0.29, 0.717) is 35.7 Å². The highest BCUT2D eigenvalue weighted by Gasteiger charge is 2.72. The number of nitrogens with one attached hydrogen (secondary N) is 2. The van der Waals surface area contributed by atoms with Crippen molar-refractivity contribution in [1.29, 1.82) is 0 Å². The Hall–Kier alpha value is -2.91. The zero-order valence-electron chi connectivity index (χ0n) is 26.1. The molecule has 9 atom stereocenters. The van der Waals surface area contributed by atoms with E-state index in [4.69, 9.17) is 9.47 Å². The Balaban J connectivity index is 1.23. The average molecular weight is 593 g/mol. The largest absolute Gasteiger partial charge is 0.497 e. The topological polar surface area (TPSA) is 100 Å². The summed E-state index contributed by atoms with van der Waals surface area (Å²) >= 11 is 0. The molecule has 9 heteroatoms. The Morgan fingerprint density at radius 3 is 2.58 bits per heavy atom. The Morgan fingerprint density at radius 2 is 1.84 bits per heavy atom. The molecule has 0 aromatic heterocycles. The van der Waals surface area contributed by atoms with Crippen LogP contribution in [0.2, 0.25) is 0 Å². The molecule has 4 fully saturated rings. The Kier molecular flexibility index (Phi) is 8.57. The van der Waals surface area contributed by atoms with Crippen molar-refractivity contribution in [2.24, 2.45) is 29.6 Å². The van der Waals surface area contributed by atoms with Crippen LogP contribution in [0.5, 0.6) is 5.75 Å². The highest BCUT2D eigenvalue weighted by atomic mass is 16.5. The van der Waals surface area contributed by atoms with Crippen molar-refractivity contribution in [2.45, 2.75) is 83.1 Å². The van der Waals surface area contributed by atoms with E-state index in [1.807, 2.05) is 12.2 Å². The smallest absolute Gasteiger partial charge is 0.246 e. The average Bonchev–Trinajstić information content (AvgIpc) is 3.63. The molecule has 9 unspecified atom stereocenters. The van der Waals surface area contributed by atoms with Gasteiger partial charge in [-0.3, -0.25) is 14.4 Å². The van der Waals surface area contributed by atoms with Gasteiger partial charge in [-0.1, -0.05) is 45.8 Å². The van der Waals surface area contributed by atoms with Gasteiger partial charge in [-0.25, -0.2) is 0 Å². The minimum atomic E-state index is -1.14. The summed E-state index contributed by atoms with van der Waals surface area (Å²) in [6.07, 6.45) is 9.66. The number of hydrogen-bond acceptors (Lipinski definition) is 6. The van der Waals surface area contributed by atoms with Gasteiger partial charge >= 0.3 is 0 Å². The maximum absolute atomic E-state index is 14.3. The third-order valence-electron chi connectivity index (χ3n) is 10.9. The molecule has 1 aromatic carbocycles. The van der Waals surface area contributed by atoms with E-state index in [9.17, 15) is 14.4 Å². The summed E-state index contributed by atoms with van der Waals surface area (Å²) in [5.41, 5.74) is -0.518. The minimum absolute atomic E-state index is 0.0650. The van der Waals surface area contributed by atoms with Crippen LogP contribution in [0.4, 0.5) is 5.69 Å². The maximum atomic E-state index is 14.3. The van der Waals surface area contributed by atoms with E-state index in [0.717, 1.165) is 38.9 Å². The van der Waals surface area contributed by atoms with Gasteiger partial charge in [-0.15, -0.1) is 0 Å². The van der Waals surface area contributed by atoms with E-state index in [2.05, 4.69) is 36.3 Å². The first-order valence-electron chi connectivity index (χ1n) is 16.4. The lowest BCUT2D eigenvalue weighted by Crippen LogP contribution is -2.58. The van der Waals surface area contributed by atoms with Crippen molar-refractivity contribution in [3.8, 4) is 5.75 Å². The molecule has 1 spiro atoms. The molecule has 1 aliphatic carbocycles. The van der Waals surface area contributed by atoms with Gasteiger partial charge in [0.1, 0.15) is 17.4 Å². The van der Waals surface area contributed by atoms with Crippen molar-refractivity contribution in [1.82, 2.24) is 15.1 Å². The van der Waals surface area contributed by atoms with E-state index in [1.165, 1.54) is 19.3 Å². The molecule has 43 heavy (non-hydrogen) atoms. The standard InChI is InChI=1S/C34H48N4O5/c1-21-8-6-17-37(20-21)18-7-19-38-30(32(40)36-26-10-5-9-22(2)23(26)3)34-16-15-27(43-34)28(29(34)33(38)41)31(39)35-24-11-13-25(42-4)14-12-24/h11-16,21-23,26-30H,5-10,17-20H2,1-4H3,(H,35,39)(H,36,40). The number of anilines is 1. The number of piperidine rings is 1. The summed E-state index contributed by atoms with van der Waals surface area (Å²) in [4.78, 5) is 46.5. The lowest BCUT2D eigenvalue weighted by molar-refractivity contribution is -0.141. The fourth-order valence-corrected chi connectivity index (χ4v) is 8.41. The second-order valence-corrected chi connectivity index (χ2v) is 13.7. The number of hydrogen-bond donors (Lipinski definition) is 2. The Morgan fingerprint density at radius 1 is 1.05 bits per heavy atom. The van der Waals surface area contributed by atoms with Gasteiger partial charge in [0.25, 0.3) is 0 Å². The van der Waals surface area contributed by atoms with Gasteiger partial charge in [0.15, 0.2) is 0 Å². The molecule has 2 bridgehead atoms. The molecule has 2 N–H and O–H groups in total. The van der Waals surface area contributed by atoms with Gasteiger partial charge < -0.3 is 29.9 Å². The fourth-order valence-electron chi connectivity index (χ4n) is 8.41. The number of rotatable bonds is 9. The predicted octanol–water partition coefficient (Wildman–Crippen LogP) is 3.85. The number of methoxy groups -OCH3 is 1. The van der Waals surface area contributed by atoms with Crippen LogP contribution in [0.15, 0.2) is 36.4 Å². The van der Waals surface area contributed by atoms with Gasteiger partial charge in [-0.05, 0) is 80.8 Å². The lowest BCUT2D eigenvalue weighted by atomic mass is 9.73. The van der Waals surface area contributed by atoms with Crippen LogP contribution in [0, 0.1) is 29.6 Å². The predicted molar refractivity (Wildman–Crippen MR) is 164 cm³/mol. The molecule has 3 amide bonds. The Labute approximate surface area is 255 Å². The molecule has 1 aromatic rings. The molecule has 234 valence electrons. The van der Waals surface area contributed by atoms with Crippen LogP contribution >= 0.6 is 0 Å². The zero-order chi connectivity index (χ0) is 30.3. The van der Waals surface area contributed by atoms with E-state index in [-0.39, 0.29) is 23.8 Å². The van der Waals surface area contributed by atoms with Crippen LogP contribution in [0.25, 0.3) is 0 Å². The molecule has 1 saturated carbocycles. The van der Waals surface area contributed by atoms with Crippen molar-refractivity contribution in [3.63, 3.8) is 0 Å². The van der Waals surface area contributed by atoms with E-state index < -0.39 is 29.6 Å². The number of ether oxygens (including phenoxy) is 2. The molecule has 3 saturated heterocycles. The third-order valence-corrected chi connectivity index (χ3v) is 10.9. The summed E-state index contributed by atoms with van der Waals surface area (Å²) < 4.78 is 11.8. The maximum Gasteiger partial charge on any atom is 0.246 e. The Bertz CT molecular complexity index is 1240. The summed E-state index contributed by atoms with van der Waals surface area (Å²) in [6, 6.07) is 6.40. The molecule has 6 rings (SSSR count). The molecular formula is C34H48N4O5. The first-order chi connectivity index (χ1) is 20.7. The second kappa shape index (κ2) is 12.2. The highest BCUT2D eigenvalue weighted by Crippen LogP contribution is 2.55. The second-order valence-electron chi connectivity index (χ2n) is 13.7. The molecule has 9 nitrogen and oxygen atoms in total. The summed E-state index contributed by atoms with van der Waals surface area (Å²) in [7, 11) is 1.60. The van der Waals surface area contributed by atoms with Gasteiger partial charge in [0, 0.05) is 24.8 Å². The fraction of sp³-hybridized carbons (Fsp3) is 0.676. The van der Waals surface area contributed by atoms with Gasteiger partial charge in [-0.2, -0.15) is 0 Å². The lowest BCUT2D eigenvalue weighted by Gasteiger charge is -2.38. The molecule has 5 aliphatic rings. The monoisotopic (exact) mass is 592 g/mol. The molecular weight excluding hydrogens is 544 g/mol. The first kappa shape index (κ1) is 30.1. The first-order valence-corrected chi connectivity index (χ1v) is 16.4. The quantitative estimate of drug-likeness (QED) is 0.423. The van der Waals surface area contributed by atoms with Gasteiger partial charge in [0.05, 0.1) is 25.0 Å². The highest BCUT2D eigenvalue weighted by molar-refractivity contribution is 6.02. The third kappa shape index (κ3) is 5.59. The number of carbonyl (C=O) groups is 3. The van der Waals surface area contributed by atoms with Crippen LogP contribution in [-0.4, -0.2) is 84.6 Å². The number of likely N-dealkylation sites (tertiary alicyclic amines) is 2. The molecule has 0 radical (unpaired) electrons. The normalized spacial score (nSPS) is 36.9. The van der Waals surface area contributed by atoms with Crippen LogP contribution in [-0.2, 0) is 19.1 Å². The van der Waals surface area contributed by atoms with E-state index in [1.54, 1.807) is 36.3 Å². The zero-order valence-corrected chi connectivity index (χ0v) is 26.1. The number of carbonyl (C=O) groups excluding carboxylic acids is 3. The van der Waals surface area contributed by atoms with Crippen molar-refractivity contribution < 1.29 is 23.9 Å².